The van der Waals surface area contributed by atoms with E-state index in [9.17, 15) is 19.2 Å². The minimum absolute atomic E-state index is 0.0620. The molecule has 0 aliphatic heterocycles. The van der Waals surface area contributed by atoms with Crippen molar-refractivity contribution in [2.24, 2.45) is 0 Å². The second kappa shape index (κ2) is 16.2. The second-order valence-electron chi connectivity index (χ2n) is 10.3. The van der Waals surface area contributed by atoms with Crippen LogP contribution >= 0.6 is 23.1 Å². The molecule has 0 unspecified atom stereocenters. The number of ether oxygens (including phenoxy) is 3. The Bertz CT molecular complexity index is 1750. The van der Waals surface area contributed by atoms with Crippen molar-refractivity contribution in [3.63, 3.8) is 0 Å². The van der Waals surface area contributed by atoms with Gasteiger partial charge in [0, 0.05) is 0 Å². The topological polar surface area (TPSA) is 151 Å². The van der Waals surface area contributed by atoms with Crippen LogP contribution in [-0.4, -0.2) is 63.6 Å². The number of hydrogen-bond acceptors (Lipinski definition) is 11. The number of aryl methyl sites for hydroxylation is 1. The molecular weight excluding hydrogens is 643 g/mol. The van der Waals surface area contributed by atoms with Gasteiger partial charge in [0.05, 0.1) is 36.3 Å². The number of aromatic nitrogens is 3. The van der Waals surface area contributed by atoms with Gasteiger partial charge in [-0.1, -0.05) is 42.1 Å². The van der Waals surface area contributed by atoms with Gasteiger partial charge in [-0.05, 0) is 76.4 Å². The number of nitrogens with one attached hydrogen (secondary N) is 2. The van der Waals surface area contributed by atoms with Gasteiger partial charge in [0.1, 0.15) is 15.6 Å². The molecular formula is C33H37N5O7S2. The predicted molar refractivity (Wildman–Crippen MR) is 180 cm³/mol. The van der Waals surface area contributed by atoms with Crippen molar-refractivity contribution >= 4 is 51.9 Å². The normalized spacial score (nSPS) is 11.4. The van der Waals surface area contributed by atoms with Crippen molar-refractivity contribution in [2.45, 2.75) is 58.5 Å². The van der Waals surface area contributed by atoms with E-state index >= 15 is 0 Å². The lowest BCUT2D eigenvalue weighted by Gasteiger charge is -2.16. The van der Waals surface area contributed by atoms with Gasteiger partial charge in [0.15, 0.2) is 17.6 Å². The van der Waals surface area contributed by atoms with Crippen LogP contribution in [0.5, 0.6) is 5.75 Å². The van der Waals surface area contributed by atoms with Crippen LogP contribution in [0.3, 0.4) is 0 Å². The Morgan fingerprint density at radius 3 is 2.32 bits per heavy atom. The molecule has 2 aromatic carbocycles. The van der Waals surface area contributed by atoms with E-state index in [1.54, 1.807) is 39.8 Å². The van der Waals surface area contributed by atoms with Crippen LogP contribution in [0.1, 0.15) is 63.3 Å². The van der Waals surface area contributed by atoms with Crippen LogP contribution in [-0.2, 0) is 25.6 Å². The molecule has 0 saturated carbocycles. The standard InChI is InChI=1S/C33H37N5O7S2/c1-7-43-31(41)27-21(5)28(32(42)44-8-2)47-30(27)35-29(40)22(6)46-33-37-36-25(38(33)24-16-12-13-19(3)20(24)4)17-34-26(39)18-45-23-14-10-9-11-15-23/h9-16,22H,7-8,17-18H2,1-6H3,(H,34,39)(H,35,40)/t22-/m0/s1. The van der Waals surface area contributed by atoms with E-state index in [2.05, 4.69) is 20.8 Å². The number of anilines is 1. The molecule has 12 nitrogen and oxygen atoms in total. The minimum atomic E-state index is -0.715. The van der Waals surface area contributed by atoms with E-state index in [1.807, 2.05) is 54.8 Å². The molecule has 0 fully saturated rings. The van der Waals surface area contributed by atoms with E-state index in [-0.39, 0.29) is 47.7 Å². The molecule has 2 aromatic heterocycles. The molecule has 2 N–H and O–H groups in total. The molecule has 47 heavy (non-hydrogen) atoms. The molecule has 14 heteroatoms. The number of nitrogens with zero attached hydrogens (tertiary/aromatic N) is 3. The van der Waals surface area contributed by atoms with Crippen molar-refractivity contribution in [3.05, 3.63) is 81.5 Å². The molecule has 4 aromatic rings. The molecule has 0 aliphatic carbocycles. The van der Waals surface area contributed by atoms with Crippen LogP contribution in [0.2, 0.25) is 0 Å². The monoisotopic (exact) mass is 679 g/mol. The number of thioether (sulfide) groups is 1. The summed E-state index contributed by atoms with van der Waals surface area (Å²) < 4.78 is 17.7. The lowest BCUT2D eigenvalue weighted by molar-refractivity contribution is -0.123. The van der Waals surface area contributed by atoms with Gasteiger partial charge in [-0.3, -0.25) is 14.2 Å². The Balaban J connectivity index is 1.56. The zero-order valence-electron chi connectivity index (χ0n) is 27.0. The minimum Gasteiger partial charge on any atom is -0.484 e. The number of esters is 2. The van der Waals surface area contributed by atoms with E-state index in [1.165, 1.54) is 0 Å². The predicted octanol–water partition coefficient (Wildman–Crippen LogP) is 5.42. The maximum Gasteiger partial charge on any atom is 0.348 e. The van der Waals surface area contributed by atoms with E-state index in [0.717, 1.165) is 39.9 Å². The van der Waals surface area contributed by atoms with Gasteiger partial charge in [0.25, 0.3) is 5.91 Å². The van der Waals surface area contributed by atoms with Gasteiger partial charge in [-0.25, -0.2) is 9.59 Å². The van der Waals surface area contributed by atoms with Gasteiger partial charge >= 0.3 is 11.9 Å². The number of hydrogen-bond donors (Lipinski definition) is 2. The van der Waals surface area contributed by atoms with Crippen LogP contribution in [0, 0.1) is 20.8 Å². The molecule has 0 spiro atoms. The highest BCUT2D eigenvalue weighted by Crippen LogP contribution is 2.35. The second-order valence-corrected chi connectivity index (χ2v) is 12.6. The summed E-state index contributed by atoms with van der Waals surface area (Å²) in [4.78, 5) is 51.7. The third kappa shape index (κ3) is 8.57. The zero-order valence-corrected chi connectivity index (χ0v) is 28.7. The molecule has 2 heterocycles. The molecule has 248 valence electrons. The molecule has 0 bridgehead atoms. The van der Waals surface area contributed by atoms with Gasteiger partial charge in [-0.2, -0.15) is 0 Å². The molecule has 0 radical (unpaired) electrons. The number of carbonyl (C=O) groups excluding carboxylic acids is 4. The number of carbonyl (C=O) groups is 4. The summed E-state index contributed by atoms with van der Waals surface area (Å²) in [5.41, 5.74) is 3.30. The fourth-order valence-electron chi connectivity index (χ4n) is 4.47. The Morgan fingerprint density at radius 1 is 0.915 bits per heavy atom. The summed E-state index contributed by atoms with van der Waals surface area (Å²) in [6, 6.07) is 14.9. The Kier molecular flexibility index (Phi) is 12.1. The summed E-state index contributed by atoms with van der Waals surface area (Å²) in [6.45, 7) is 10.8. The first-order valence-electron chi connectivity index (χ1n) is 15.0. The number of thiophene rings is 1. The van der Waals surface area contributed by atoms with Crippen LogP contribution < -0.4 is 15.4 Å². The third-order valence-electron chi connectivity index (χ3n) is 7.05. The largest absolute Gasteiger partial charge is 0.484 e. The highest BCUT2D eigenvalue weighted by Gasteiger charge is 2.29. The Hall–Kier alpha value is -4.69. The van der Waals surface area contributed by atoms with Crippen LogP contribution in [0.15, 0.2) is 53.7 Å². The maximum atomic E-state index is 13.5. The lowest BCUT2D eigenvalue weighted by atomic mass is 10.1. The lowest BCUT2D eigenvalue weighted by Crippen LogP contribution is -2.29. The number of amides is 2. The van der Waals surface area contributed by atoms with Crippen molar-refractivity contribution in [3.8, 4) is 11.4 Å². The first-order valence-corrected chi connectivity index (χ1v) is 16.7. The Labute approximate surface area is 281 Å². The molecule has 0 saturated heterocycles. The van der Waals surface area contributed by atoms with Crippen molar-refractivity contribution in [2.75, 3.05) is 25.1 Å². The molecule has 1 atom stereocenters. The van der Waals surface area contributed by atoms with Crippen molar-refractivity contribution in [1.82, 2.24) is 20.1 Å². The molecule has 2 amide bonds. The molecule has 4 rings (SSSR count). The summed E-state index contributed by atoms with van der Waals surface area (Å²) in [6.07, 6.45) is 0. The smallest absolute Gasteiger partial charge is 0.348 e. The number of para-hydroxylation sites is 1. The zero-order chi connectivity index (χ0) is 34.1. The summed E-state index contributed by atoms with van der Waals surface area (Å²) in [5.74, 6) is -0.965. The Morgan fingerprint density at radius 2 is 1.62 bits per heavy atom. The highest BCUT2D eigenvalue weighted by atomic mass is 32.2. The highest BCUT2D eigenvalue weighted by molar-refractivity contribution is 8.00. The summed E-state index contributed by atoms with van der Waals surface area (Å²) >= 11 is 2.12. The first-order chi connectivity index (χ1) is 22.5. The molecule has 0 aliphatic rings. The van der Waals surface area contributed by atoms with Crippen molar-refractivity contribution < 1.29 is 33.4 Å². The fourth-order valence-corrected chi connectivity index (χ4v) is 6.44. The van der Waals surface area contributed by atoms with Gasteiger partial charge < -0.3 is 24.8 Å². The first kappa shape index (κ1) is 35.2. The fraction of sp³-hybridized carbons (Fsp3) is 0.333. The maximum absolute atomic E-state index is 13.5. The summed E-state index contributed by atoms with van der Waals surface area (Å²) in [7, 11) is 0. The van der Waals surface area contributed by atoms with Gasteiger partial charge in [-0.15, -0.1) is 21.5 Å². The average Bonchev–Trinajstić information content (AvgIpc) is 3.60. The van der Waals surface area contributed by atoms with Gasteiger partial charge in [0.2, 0.25) is 5.91 Å². The number of rotatable bonds is 14. The third-order valence-corrected chi connectivity index (χ3v) is 9.28. The average molecular weight is 680 g/mol. The van der Waals surface area contributed by atoms with Crippen molar-refractivity contribution in [1.29, 1.82) is 0 Å². The summed E-state index contributed by atoms with van der Waals surface area (Å²) in [5, 5.41) is 14.3. The van der Waals surface area contributed by atoms with E-state index < -0.39 is 23.1 Å². The quantitative estimate of drug-likeness (QED) is 0.131. The number of benzene rings is 2. The SMILES string of the molecule is CCOC(=O)c1sc(NC(=O)[C@H](C)Sc2nnc(CNC(=O)COc3ccccc3)n2-c2cccc(C)c2C)c(C(=O)OCC)c1C. The van der Waals surface area contributed by atoms with Crippen LogP contribution in [0.25, 0.3) is 5.69 Å². The van der Waals surface area contributed by atoms with E-state index in [4.69, 9.17) is 14.2 Å². The van der Waals surface area contributed by atoms with E-state index in [0.29, 0.717) is 22.3 Å². The van der Waals surface area contributed by atoms with Crippen LogP contribution in [0.4, 0.5) is 5.00 Å².